The molecule has 2 heterocycles. The van der Waals surface area contributed by atoms with E-state index < -0.39 is 0 Å². The van der Waals surface area contributed by atoms with Crippen molar-refractivity contribution in [1.82, 2.24) is 0 Å². The molecule has 1 aliphatic rings. The van der Waals surface area contributed by atoms with Gasteiger partial charge in [0.05, 0.1) is 12.2 Å². The first kappa shape index (κ1) is 19.7. The molecule has 1 aliphatic heterocycles. The predicted octanol–water partition coefficient (Wildman–Crippen LogP) is 5.32. The van der Waals surface area contributed by atoms with E-state index in [9.17, 15) is 9.59 Å². The number of amides is 2. The summed E-state index contributed by atoms with van der Waals surface area (Å²) in [7, 11) is 0. The summed E-state index contributed by atoms with van der Waals surface area (Å²) in [6.45, 7) is 4.09. The highest BCUT2D eigenvalue weighted by Gasteiger charge is 2.34. The quantitative estimate of drug-likeness (QED) is 0.605. The smallest absolute Gasteiger partial charge is 0.238 e. The van der Waals surface area contributed by atoms with E-state index in [1.54, 1.807) is 23.1 Å². The lowest BCUT2D eigenvalue weighted by atomic mass is 10.1. The molecule has 4 nitrogen and oxygen atoms in total. The van der Waals surface area contributed by atoms with Gasteiger partial charge in [-0.15, -0.1) is 23.1 Å². The van der Waals surface area contributed by atoms with Crippen molar-refractivity contribution in [2.24, 2.45) is 0 Å². The molecule has 0 aliphatic carbocycles. The standard InChI is InChI=1S/C23H22N2O2S2/c1-15-9-16(2)11-19(10-15)25-22(27)14-29-23(25)17-5-3-6-18(12-17)24-21(26)13-20-7-4-8-28-20/h3-12,23H,13-14H2,1-2H3,(H,24,26). The number of nitrogens with zero attached hydrogens (tertiary/aromatic N) is 1. The molecule has 1 unspecified atom stereocenters. The summed E-state index contributed by atoms with van der Waals surface area (Å²) in [6, 6.07) is 17.9. The van der Waals surface area contributed by atoms with E-state index >= 15 is 0 Å². The average Bonchev–Trinajstić information content (AvgIpc) is 3.30. The van der Waals surface area contributed by atoms with Gasteiger partial charge in [0.15, 0.2) is 0 Å². The van der Waals surface area contributed by atoms with Crippen LogP contribution in [0.2, 0.25) is 0 Å². The van der Waals surface area contributed by atoms with Gasteiger partial charge in [0, 0.05) is 16.3 Å². The summed E-state index contributed by atoms with van der Waals surface area (Å²) in [4.78, 5) is 27.9. The first-order valence-corrected chi connectivity index (χ1v) is 11.4. The Bertz CT molecular complexity index is 1030. The molecule has 4 rings (SSSR count). The van der Waals surface area contributed by atoms with Crippen LogP contribution < -0.4 is 10.2 Å². The summed E-state index contributed by atoms with van der Waals surface area (Å²) >= 11 is 3.19. The molecule has 29 heavy (non-hydrogen) atoms. The van der Waals surface area contributed by atoms with Crippen LogP contribution in [-0.4, -0.2) is 17.6 Å². The van der Waals surface area contributed by atoms with Gasteiger partial charge in [0.1, 0.15) is 5.37 Å². The fourth-order valence-electron chi connectivity index (χ4n) is 3.59. The third-order valence-electron chi connectivity index (χ3n) is 4.72. The van der Waals surface area contributed by atoms with Crippen LogP contribution in [-0.2, 0) is 16.0 Å². The molecule has 1 aromatic heterocycles. The van der Waals surface area contributed by atoms with Crippen molar-refractivity contribution in [3.63, 3.8) is 0 Å². The number of anilines is 2. The third-order valence-corrected chi connectivity index (χ3v) is 6.81. The lowest BCUT2D eigenvalue weighted by Gasteiger charge is -2.25. The zero-order valence-corrected chi connectivity index (χ0v) is 18.0. The van der Waals surface area contributed by atoms with Gasteiger partial charge in [-0.2, -0.15) is 0 Å². The molecule has 2 aromatic carbocycles. The molecule has 6 heteroatoms. The molecule has 3 aromatic rings. The highest BCUT2D eigenvalue weighted by molar-refractivity contribution is 8.00. The highest BCUT2D eigenvalue weighted by Crippen LogP contribution is 2.42. The van der Waals surface area contributed by atoms with Crippen LogP contribution in [0.25, 0.3) is 0 Å². The van der Waals surface area contributed by atoms with Gasteiger partial charge in [-0.3, -0.25) is 14.5 Å². The summed E-state index contributed by atoms with van der Waals surface area (Å²) < 4.78 is 0. The number of rotatable bonds is 5. The van der Waals surface area contributed by atoms with Crippen molar-refractivity contribution >= 4 is 46.3 Å². The molecule has 1 fully saturated rings. The molecule has 1 atom stereocenters. The van der Waals surface area contributed by atoms with Crippen LogP contribution in [0.4, 0.5) is 11.4 Å². The Morgan fingerprint density at radius 3 is 2.62 bits per heavy atom. The maximum Gasteiger partial charge on any atom is 0.238 e. The van der Waals surface area contributed by atoms with Crippen molar-refractivity contribution in [1.29, 1.82) is 0 Å². The van der Waals surface area contributed by atoms with Crippen molar-refractivity contribution in [3.8, 4) is 0 Å². The Labute approximate surface area is 178 Å². The number of carbonyl (C=O) groups is 2. The lowest BCUT2D eigenvalue weighted by Crippen LogP contribution is -2.28. The third kappa shape index (κ3) is 4.54. The van der Waals surface area contributed by atoms with E-state index in [1.165, 1.54) is 0 Å². The second-order valence-corrected chi connectivity index (χ2v) is 9.30. The average molecular weight is 423 g/mol. The van der Waals surface area contributed by atoms with Gasteiger partial charge in [0.2, 0.25) is 11.8 Å². The molecule has 1 N–H and O–H groups in total. The molecule has 2 amide bonds. The number of aryl methyl sites for hydroxylation is 2. The van der Waals surface area contributed by atoms with E-state index in [4.69, 9.17) is 0 Å². The first-order valence-electron chi connectivity index (χ1n) is 9.44. The van der Waals surface area contributed by atoms with Crippen molar-refractivity contribution in [2.45, 2.75) is 25.6 Å². The number of thiophene rings is 1. The highest BCUT2D eigenvalue weighted by atomic mass is 32.2. The van der Waals surface area contributed by atoms with Gasteiger partial charge in [-0.25, -0.2) is 0 Å². The Morgan fingerprint density at radius 2 is 1.90 bits per heavy atom. The summed E-state index contributed by atoms with van der Waals surface area (Å²) in [5.74, 6) is 0.523. The molecule has 0 radical (unpaired) electrons. The minimum Gasteiger partial charge on any atom is -0.326 e. The Morgan fingerprint density at radius 1 is 1.10 bits per heavy atom. The fourth-order valence-corrected chi connectivity index (χ4v) is 5.46. The second kappa shape index (κ2) is 8.43. The zero-order valence-electron chi connectivity index (χ0n) is 16.3. The molecule has 0 saturated carbocycles. The number of carbonyl (C=O) groups excluding carboxylic acids is 2. The van der Waals surface area contributed by atoms with Crippen LogP contribution in [0.3, 0.4) is 0 Å². The minimum atomic E-state index is -0.0992. The van der Waals surface area contributed by atoms with Crippen molar-refractivity contribution in [2.75, 3.05) is 16.0 Å². The van der Waals surface area contributed by atoms with Crippen LogP contribution in [0.15, 0.2) is 60.0 Å². The summed E-state index contributed by atoms with van der Waals surface area (Å²) in [5, 5.41) is 4.86. The molecule has 148 valence electrons. The fraction of sp³-hybridized carbons (Fsp3) is 0.217. The number of hydrogen-bond donors (Lipinski definition) is 1. The van der Waals surface area contributed by atoms with Gasteiger partial charge in [-0.1, -0.05) is 24.3 Å². The largest absolute Gasteiger partial charge is 0.326 e. The number of thioether (sulfide) groups is 1. The van der Waals surface area contributed by atoms with E-state index in [0.29, 0.717) is 12.2 Å². The maximum absolute atomic E-state index is 12.7. The second-order valence-electron chi connectivity index (χ2n) is 7.20. The van der Waals surface area contributed by atoms with Crippen LogP contribution in [0.5, 0.6) is 0 Å². The Balaban J connectivity index is 1.56. The SMILES string of the molecule is Cc1cc(C)cc(N2C(=O)CSC2c2cccc(NC(=O)Cc3cccs3)c2)c1. The van der Waals surface area contributed by atoms with E-state index in [1.807, 2.05) is 60.5 Å². The normalized spacial score (nSPS) is 16.3. The van der Waals surface area contributed by atoms with E-state index in [2.05, 4.69) is 23.5 Å². The van der Waals surface area contributed by atoms with Crippen molar-refractivity contribution in [3.05, 3.63) is 81.5 Å². The lowest BCUT2D eigenvalue weighted by molar-refractivity contribution is -0.116. The van der Waals surface area contributed by atoms with Gasteiger partial charge < -0.3 is 5.32 Å². The maximum atomic E-state index is 12.7. The van der Waals surface area contributed by atoms with Crippen LogP contribution in [0, 0.1) is 13.8 Å². The van der Waals surface area contributed by atoms with E-state index in [0.717, 1.165) is 32.9 Å². The number of benzene rings is 2. The van der Waals surface area contributed by atoms with Crippen LogP contribution >= 0.6 is 23.1 Å². The summed E-state index contributed by atoms with van der Waals surface area (Å²) in [6.07, 6.45) is 0.368. The molecule has 0 spiro atoms. The summed E-state index contributed by atoms with van der Waals surface area (Å²) in [5.41, 5.74) is 4.96. The topological polar surface area (TPSA) is 49.4 Å². The first-order chi connectivity index (χ1) is 14.0. The molecule has 0 bridgehead atoms. The van der Waals surface area contributed by atoms with Gasteiger partial charge in [-0.05, 0) is 66.2 Å². The van der Waals surface area contributed by atoms with E-state index in [-0.39, 0.29) is 17.2 Å². The van der Waals surface area contributed by atoms with Crippen LogP contribution in [0.1, 0.15) is 26.9 Å². The minimum absolute atomic E-state index is 0.0362. The molecular formula is C23H22N2O2S2. The zero-order chi connectivity index (χ0) is 20.4. The molecular weight excluding hydrogens is 400 g/mol. The van der Waals surface area contributed by atoms with Crippen molar-refractivity contribution < 1.29 is 9.59 Å². The van der Waals surface area contributed by atoms with Gasteiger partial charge in [0.25, 0.3) is 0 Å². The Kier molecular flexibility index (Phi) is 5.74. The Hall–Kier alpha value is -2.57. The number of nitrogens with one attached hydrogen (secondary N) is 1. The monoisotopic (exact) mass is 422 g/mol. The number of hydrogen-bond acceptors (Lipinski definition) is 4. The van der Waals surface area contributed by atoms with Gasteiger partial charge >= 0.3 is 0 Å². The predicted molar refractivity (Wildman–Crippen MR) is 122 cm³/mol. The molecule has 1 saturated heterocycles.